The summed E-state index contributed by atoms with van der Waals surface area (Å²) in [6.45, 7) is 9.10. The quantitative estimate of drug-likeness (QED) is 0.616. The van der Waals surface area contributed by atoms with Crippen LogP contribution in [0.25, 0.3) is 11.3 Å². The third kappa shape index (κ3) is 5.21. The summed E-state index contributed by atoms with van der Waals surface area (Å²) in [5.41, 5.74) is 3.35. The predicted molar refractivity (Wildman–Crippen MR) is 121 cm³/mol. The molecular weight excluding hydrogens is 388 g/mol. The van der Waals surface area contributed by atoms with Crippen molar-refractivity contribution in [2.24, 2.45) is 0 Å². The molecule has 1 fully saturated rings. The molecule has 2 aromatic carbocycles. The minimum Gasteiger partial charge on any atom is -0.370 e. The first kappa shape index (κ1) is 21.3. The number of aromatic nitrogens is 2. The van der Waals surface area contributed by atoms with E-state index in [4.69, 9.17) is 9.84 Å². The van der Waals surface area contributed by atoms with Gasteiger partial charge >= 0.3 is 0 Å². The Hall–Kier alpha value is -2.96. The normalized spacial score (nSPS) is 15.0. The van der Waals surface area contributed by atoms with Gasteiger partial charge in [-0.15, -0.1) is 0 Å². The van der Waals surface area contributed by atoms with Crippen LogP contribution in [0.3, 0.4) is 0 Å². The molecule has 6 heteroatoms. The van der Waals surface area contributed by atoms with E-state index < -0.39 is 0 Å². The third-order valence-electron chi connectivity index (χ3n) is 5.99. The number of nitrogens with one attached hydrogen (secondary N) is 2. The van der Waals surface area contributed by atoms with Crippen molar-refractivity contribution in [3.63, 3.8) is 0 Å². The fourth-order valence-electron chi connectivity index (χ4n) is 4.06. The summed E-state index contributed by atoms with van der Waals surface area (Å²) in [4.78, 5) is 14.7. The van der Waals surface area contributed by atoms with Crippen molar-refractivity contribution in [1.29, 1.82) is 0 Å². The Labute approximate surface area is 183 Å². The summed E-state index contributed by atoms with van der Waals surface area (Å²) in [7, 11) is 0. The number of hydrogen-bond acceptors (Lipinski definition) is 3. The zero-order chi connectivity index (χ0) is 21.7. The van der Waals surface area contributed by atoms with Crippen molar-refractivity contribution < 1.29 is 14.4 Å². The molecule has 162 valence electrons. The fraction of sp³-hybridized carbons (Fsp3) is 0.360. The Kier molecular flexibility index (Phi) is 6.49. The van der Waals surface area contributed by atoms with Crippen molar-refractivity contribution >= 4 is 5.91 Å². The summed E-state index contributed by atoms with van der Waals surface area (Å²) < 4.78 is 7.34. The molecule has 1 saturated heterocycles. The topological polar surface area (TPSA) is 60.6 Å². The Morgan fingerprint density at radius 3 is 2.39 bits per heavy atom. The highest BCUT2D eigenvalue weighted by atomic mass is 16.5. The fourth-order valence-corrected chi connectivity index (χ4v) is 4.06. The van der Waals surface area contributed by atoms with Crippen LogP contribution in [-0.2, 0) is 11.3 Å². The van der Waals surface area contributed by atoms with E-state index in [1.54, 1.807) is 0 Å². The van der Waals surface area contributed by atoms with E-state index in [1.165, 1.54) is 4.90 Å². The van der Waals surface area contributed by atoms with Gasteiger partial charge in [-0.05, 0) is 19.4 Å². The standard InChI is InChI=1S/C25H30N4O2/c1-25(2,28-13-15-31-16-14-28)19-26-24(30)22-18-29(17-20-9-5-3-6-10-20)27-23(22)21-11-7-4-8-12-21/h3-12,18H,13-17,19H2,1-2H3,(H,26,30)/p+1. The van der Waals surface area contributed by atoms with Crippen LogP contribution >= 0.6 is 0 Å². The number of amides is 1. The van der Waals surface area contributed by atoms with Gasteiger partial charge in [0.2, 0.25) is 0 Å². The number of rotatable bonds is 7. The Morgan fingerprint density at radius 2 is 1.71 bits per heavy atom. The molecular formula is C25H31N4O2+. The van der Waals surface area contributed by atoms with Crippen LogP contribution in [-0.4, -0.2) is 54.1 Å². The minimum absolute atomic E-state index is 0.0631. The van der Waals surface area contributed by atoms with Gasteiger partial charge in [-0.3, -0.25) is 9.48 Å². The Balaban J connectivity index is 1.54. The monoisotopic (exact) mass is 419 g/mol. The first-order chi connectivity index (χ1) is 15.0. The van der Waals surface area contributed by atoms with Gasteiger partial charge in [0, 0.05) is 11.8 Å². The number of ether oxygens (including phenoxy) is 1. The lowest BCUT2D eigenvalue weighted by Gasteiger charge is -2.37. The summed E-state index contributed by atoms with van der Waals surface area (Å²) in [6, 6.07) is 20.1. The van der Waals surface area contributed by atoms with E-state index in [0.29, 0.717) is 24.3 Å². The molecule has 0 unspecified atom stereocenters. The lowest BCUT2D eigenvalue weighted by atomic mass is 10.0. The van der Waals surface area contributed by atoms with E-state index in [2.05, 4.69) is 31.3 Å². The lowest BCUT2D eigenvalue weighted by molar-refractivity contribution is -0.954. The number of quaternary nitrogens is 1. The van der Waals surface area contributed by atoms with Crippen LogP contribution < -0.4 is 10.2 Å². The molecule has 1 aliphatic heterocycles. The molecule has 0 aliphatic carbocycles. The Morgan fingerprint density at radius 1 is 1.06 bits per heavy atom. The largest absolute Gasteiger partial charge is 0.370 e. The van der Waals surface area contributed by atoms with Gasteiger partial charge in [0.15, 0.2) is 0 Å². The maximum Gasteiger partial charge on any atom is 0.255 e. The second-order valence-electron chi connectivity index (χ2n) is 8.72. The smallest absolute Gasteiger partial charge is 0.255 e. The van der Waals surface area contributed by atoms with Gasteiger partial charge in [0.1, 0.15) is 24.3 Å². The number of carbonyl (C=O) groups excluding carboxylic acids is 1. The zero-order valence-electron chi connectivity index (χ0n) is 18.3. The number of morpholine rings is 1. The first-order valence-electron chi connectivity index (χ1n) is 10.9. The van der Waals surface area contributed by atoms with Crippen LogP contribution in [0.4, 0.5) is 0 Å². The van der Waals surface area contributed by atoms with Crippen molar-refractivity contribution in [3.8, 4) is 11.3 Å². The number of nitrogens with zero attached hydrogens (tertiary/aromatic N) is 2. The molecule has 31 heavy (non-hydrogen) atoms. The first-order valence-corrected chi connectivity index (χ1v) is 10.9. The molecule has 4 rings (SSSR count). The molecule has 0 radical (unpaired) electrons. The summed E-state index contributed by atoms with van der Waals surface area (Å²) in [6.07, 6.45) is 1.86. The maximum atomic E-state index is 13.2. The van der Waals surface area contributed by atoms with Gasteiger partial charge in [-0.25, -0.2) is 0 Å². The molecule has 1 aliphatic rings. The summed E-state index contributed by atoms with van der Waals surface area (Å²) in [5, 5.41) is 7.94. The molecule has 3 aromatic rings. The van der Waals surface area contributed by atoms with E-state index in [1.807, 2.05) is 59.4 Å². The third-order valence-corrected chi connectivity index (χ3v) is 5.99. The van der Waals surface area contributed by atoms with Crippen LogP contribution in [0.1, 0.15) is 29.8 Å². The molecule has 2 N–H and O–H groups in total. The predicted octanol–water partition coefficient (Wildman–Crippen LogP) is 2.02. The highest BCUT2D eigenvalue weighted by molar-refractivity contribution is 5.99. The molecule has 2 heterocycles. The number of benzene rings is 2. The van der Waals surface area contributed by atoms with E-state index in [0.717, 1.165) is 37.4 Å². The molecule has 6 nitrogen and oxygen atoms in total. The van der Waals surface area contributed by atoms with Crippen LogP contribution in [0.5, 0.6) is 0 Å². The van der Waals surface area contributed by atoms with Gasteiger partial charge in [0.25, 0.3) is 5.91 Å². The second kappa shape index (κ2) is 9.45. The van der Waals surface area contributed by atoms with E-state index >= 15 is 0 Å². The van der Waals surface area contributed by atoms with Crippen molar-refractivity contribution in [2.45, 2.75) is 25.9 Å². The average Bonchev–Trinajstić information content (AvgIpc) is 3.23. The van der Waals surface area contributed by atoms with Crippen LogP contribution in [0, 0.1) is 0 Å². The van der Waals surface area contributed by atoms with Crippen LogP contribution in [0.2, 0.25) is 0 Å². The maximum absolute atomic E-state index is 13.2. The second-order valence-corrected chi connectivity index (χ2v) is 8.72. The molecule has 1 aromatic heterocycles. The van der Waals surface area contributed by atoms with Gasteiger partial charge in [-0.2, -0.15) is 5.10 Å². The lowest BCUT2D eigenvalue weighted by Crippen LogP contribution is -3.22. The van der Waals surface area contributed by atoms with Crippen molar-refractivity contribution in [2.75, 3.05) is 32.8 Å². The molecule has 0 atom stereocenters. The summed E-state index contributed by atoms with van der Waals surface area (Å²) >= 11 is 0. The van der Waals surface area contributed by atoms with E-state index in [9.17, 15) is 4.79 Å². The minimum atomic E-state index is -0.0844. The molecule has 0 bridgehead atoms. The van der Waals surface area contributed by atoms with Crippen molar-refractivity contribution in [1.82, 2.24) is 15.1 Å². The molecule has 0 saturated carbocycles. The van der Waals surface area contributed by atoms with E-state index in [-0.39, 0.29) is 11.4 Å². The van der Waals surface area contributed by atoms with Gasteiger partial charge in [0.05, 0.1) is 31.9 Å². The molecule has 1 amide bonds. The number of carbonyl (C=O) groups is 1. The summed E-state index contributed by atoms with van der Waals surface area (Å²) in [5.74, 6) is -0.0844. The molecule has 0 spiro atoms. The zero-order valence-corrected chi connectivity index (χ0v) is 18.3. The van der Waals surface area contributed by atoms with Crippen molar-refractivity contribution in [3.05, 3.63) is 78.0 Å². The highest BCUT2D eigenvalue weighted by Gasteiger charge is 2.33. The SMILES string of the molecule is CC(C)(CNC(=O)c1cn(Cc2ccccc2)nc1-c1ccccc1)[NH+]1CCOCC1. The Bertz CT molecular complexity index is 993. The highest BCUT2D eigenvalue weighted by Crippen LogP contribution is 2.22. The van der Waals surface area contributed by atoms with Crippen LogP contribution in [0.15, 0.2) is 66.9 Å². The van der Waals surface area contributed by atoms with Gasteiger partial charge < -0.3 is 15.0 Å². The van der Waals surface area contributed by atoms with Gasteiger partial charge in [-0.1, -0.05) is 60.7 Å². The average molecular weight is 420 g/mol. The number of hydrogen-bond donors (Lipinski definition) is 2.